The lowest BCUT2D eigenvalue weighted by atomic mass is 10.1. The molecule has 2 aromatic carbocycles. The molecule has 0 aliphatic rings. The van der Waals surface area contributed by atoms with Crippen molar-refractivity contribution in [3.05, 3.63) is 58.1 Å². The van der Waals surface area contributed by atoms with Crippen LogP contribution in [-0.4, -0.2) is 25.0 Å². The topological polar surface area (TPSA) is 67.4 Å². The molecule has 0 heterocycles. The number of aryl methyl sites for hydroxylation is 1. The minimum atomic E-state index is -0.355. The first kappa shape index (κ1) is 18.0. The van der Waals surface area contributed by atoms with Crippen LogP contribution in [0.2, 0.25) is 0 Å². The van der Waals surface area contributed by atoms with Crippen LogP contribution in [0.15, 0.2) is 46.9 Å². The fraction of sp³-hybridized carbons (Fsp3) is 0.222. The number of halogens is 1. The van der Waals surface area contributed by atoms with Crippen LogP contribution < -0.4 is 15.4 Å². The summed E-state index contributed by atoms with van der Waals surface area (Å²) in [5.74, 6) is -0.0510. The van der Waals surface area contributed by atoms with Gasteiger partial charge in [0, 0.05) is 10.2 Å². The molecule has 0 aliphatic carbocycles. The fourth-order valence-electron chi connectivity index (χ4n) is 2.02. The average molecular weight is 391 g/mol. The summed E-state index contributed by atoms with van der Waals surface area (Å²) in [6, 6.07) is 12.9. The maximum atomic E-state index is 11.9. The maximum Gasteiger partial charge on any atom is 0.258 e. The third-order valence-corrected chi connectivity index (χ3v) is 3.98. The van der Waals surface area contributed by atoms with Crippen molar-refractivity contribution in [3.63, 3.8) is 0 Å². The molecule has 0 saturated carbocycles. The van der Waals surface area contributed by atoms with Gasteiger partial charge in [0.05, 0.1) is 6.54 Å². The standard InChI is InChI=1S/C18H19BrN2O3/c1-12-5-3-8-16(13(12)2)21-17(22)10-20-18(23)11-24-15-7-4-6-14(19)9-15/h3-9H,10-11H2,1-2H3,(H,20,23)(H,21,22). The van der Waals surface area contributed by atoms with Crippen molar-refractivity contribution in [3.8, 4) is 5.75 Å². The van der Waals surface area contributed by atoms with E-state index in [1.54, 1.807) is 12.1 Å². The smallest absolute Gasteiger partial charge is 0.258 e. The zero-order chi connectivity index (χ0) is 17.5. The number of benzene rings is 2. The number of hydrogen-bond donors (Lipinski definition) is 2. The molecule has 0 radical (unpaired) electrons. The van der Waals surface area contributed by atoms with E-state index in [0.29, 0.717) is 5.75 Å². The molecule has 0 aromatic heterocycles. The van der Waals surface area contributed by atoms with Crippen molar-refractivity contribution in [2.75, 3.05) is 18.5 Å². The SMILES string of the molecule is Cc1cccc(NC(=O)CNC(=O)COc2cccc(Br)c2)c1C. The van der Waals surface area contributed by atoms with E-state index in [0.717, 1.165) is 21.3 Å². The van der Waals surface area contributed by atoms with Gasteiger partial charge in [-0.2, -0.15) is 0 Å². The summed E-state index contributed by atoms with van der Waals surface area (Å²) in [6.07, 6.45) is 0. The lowest BCUT2D eigenvalue weighted by Crippen LogP contribution is -2.35. The highest BCUT2D eigenvalue weighted by Crippen LogP contribution is 2.18. The van der Waals surface area contributed by atoms with Gasteiger partial charge in [-0.05, 0) is 49.2 Å². The molecule has 0 atom stereocenters. The number of anilines is 1. The summed E-state index contributed by atoms with van der Waals surface area (Å²) in [7, 11) is 0. The quantitative estimate of drug-likeness (QED) is 0.795. The van der Waals surface area contributed by atoms with Crippen LogP contribution in [0.4, 0.5) is 5.69 Å². The number of amides is 2. The summed E-state index contributed by atoms with van der Waals surface area (Å²) in [5, 5.41) is 5.32. The Kier molecular flexibility index (Phi) is 6.37. The van der Waals surface area contributed by atoms with Crippen molar-refractivity contribution in [1.82, 2.24) is 5.32 Å². The third kappa shape index (κ3) is 5.38. The number of carbonyl (C=O) groups excluding carboxylic acids is 2. The van der Waals surface area contributed by atoms with Gasteiger partial charge < -0.3 is 15.4 Å². The van der Waals surface area contributed by atoms with Crippen LogP contribution in [0.25, 0.3) is 0 Å². The van der Waals surface area contributed by atoms with Gasteiger partial charge in [0.25, 0.3) is 5.91 Å². The molecule has 0 saturated heterocycles. The second-order valence-electron chi connectivity index (χ2n) is 5.32. The Balaban J connectivity index is 1.77. The minimum Gasteiger partial charge on any atom is -0.484 e. The Labute approximate surface area is 149 Å². The van der Waals surface area contributed by atoms with Crippen LogP contribution >= 0.6 is 15.9 Å². The first-order valence-electron chi connectivity index (χ1n) is 7.47. The first-order chi connectivity index (χ1) is 11.5. The molecule has 5 nitrogen and oxygen atoms in total. The van der Waals surface area contributed by atoms with E-state index in [9.17, 15) is 9.59 Å². The van der Waals surface area contributed by atoms with Crippen molar-refractivity contribution in [2.24, 2.45) is 0 Å². The van der Waals surface area contributed by atoms with E-state index in [1.807, 2.05) is 44.2 Å². The molecule has 6 heteroatoms. The molecule has 2 amide bonds. The molecule has 2 rings (SSSR count). The largest absolute Gasteiger partial charge is 0.484 e. The molecule has 0 spiro atoms. The van der Waals surface area contributed by atoms with Crippen LogP contribution in [0.1, 0.15) is 11.1 Å². The van der Waals surface area contributed by atoms with Crippen LogP contribution in [0, 0.1) is 13.8 Å². The van der Waals surface area contributed by atoms with Gasteiger partial charge in [0.2, 0.25) is 5.91 Å². The van der Waals surface area contributed by atoms with E-state index >= 15 is 0 Å². The lowest BCUT2D eigenvalue weighted by molar-refractivity contribution is -0.125. The normalized spacial score (nSPS) is 10.1. The molecule has 2 N–H and O–H groups in total. The van der Waals surface area contributed by atoms with Gasteiger partial charge in [-0.1, -0.05) is 34.1 Å². The van der Waals surface area contributed by atoms with Gasteiger partial charge in [-0.25, -0.2) is 0 Å². The molecule has 126 valence electrons. The Morgan fingerprint density at radius 3 is 2.58 bits per heavy atom. The number of rotatable bonds is 6. The molecule has 24 heavy (non-hydrogen) atoms. The highest BCUT2D eigenvalue weighted by Gasteiger charge is 2.08. The van der Waals surface area contributed by atoms with E-state index in [1.165, 1.54) is 0 Å². The van der Waals surface area contributed by atoms with Crippen molar-refractivity contribution in [2.45, 2.75) is 13.8 Å². The monoisotopic (exact) mass is 390 g/mol. The minimum absolute atomic E-state index is 0.103. The van der Waals surface area contributed by atoms with Crippen LogP contribution in [-0.2, 0) is 9.59 Å². The van der Waals surface area contributed by atoms with E-state index in [-0.39, 0.29) is 25.0 Å². The average Bonchev–Trinajstić information content (AvgIpc) is 2.55. The number of ether oxygens (including phenoxy) is 1. The number of nitrogens with one attached hydrogen (secondary N) is 2. The Morgan fingerprint density at radius 1 is 1.08 bits per heavy atom. The Morgan fingerprint density at radius 2 is 1.83 bits per heavy atom. The van der Waals surface area contributed by atoms with Gasteiger partial charge in [-0.15, -0.1) is 0 Å². The van der Waals surface area contributed by atoms with E-state index < -0.39 is 0 Å². The van der Waals surface area contributed by atoms with Gasteiger partial charge in [-0.3, -0.25) is 9.59 Å². The highest BCUT2D eigenvalue weighted by molar-refractivity contribution is 9.10. The third-order valence-electron chi connectivity index (χ3n) is 3.49. The molecule has 2 aromatic rings. The van der Waals surface area contributed by atoms with Crippen molar-refractivity contribution < 1.29 is 14.3 Å². The summed E-state index contributed by atoms with van der Waals surface area (Å²) < 4.78 is 6.23. The second kappa shape index (κ2) is 8.49. The predicted molar refractivity (Wildman–Crippen MR) is 97.2 cm³/mol. The fourth-order valence-corrected chi connectivity index (χ4v) is 2.39. The summed E-state index contributed by atoms with van der Waals surface area (Å²) >= 11 is 3.33. The zero-order valence-corrected chi connectivity index (χ0v) is 15.1. The summed E-state index contributed by atoms with van der Waals surface area (Å²) in [5.41, 5.74) is 2.86. The van der Waals surface area contributed by atoms with Gasteiger partial charge in [0.1, 0.15) is 5.75 Å². The Hall–Kier alpha value is -2.34. The van der Waals surface area contributed by atoms with Crippen molar-refractivity contribution in [1.29, 1.82) is 0 Å². The van der Waals surface area contributed by atoms with Gasteiger partial charge >= 0.3 is 0 Å². The second-order valence-corrected chi connectivity index (χ2v) is 6.23. The first-order valence-corrected chi connectivity index (χ1v) is 8.26. The summed E-state index contributed by atoms with van der Waals surface area (Å²) in [4.78, 5) is 23.7. The summed E-state index contributed by atoms with van der Waals surface area (Å²) in [6.45, 7) is 3.67. The Bertz CT molecular complexity index is 747. The number of hydrogen-bond acceptors (Lipinski definition) is 3. The van der Waals surface area contributed by atoms with E-state index in [2.05, 4.69) is 26.6 Å². The number of carbonyl (C=O) groups is 2. The van der Waals surface area contributed by atoms with Crippen LogP contribution in [0.3, 0.4) is 0 Å². The molecular weight excluding hydrogens is 372 g/mol. The molecule has 0 aliphatic heterocycles. The van der Waals surface area contributed by atoms with Crippen LogP contribution in [0.5, 0.6) is 5.75 Å². The molecule has 0 bridgehead atoms. The predicted octanol–water partition coefficient (Wildman–Crippen LogP) is 3.20. The van der Waals surface area contributed by atoms with Crippen molar-refractivity contribution >= 4 is 33.4 Å². The van der Waals surface area contributed by atoms with E-state index in [4.69, 9.17) is 4.74 Å². The highest BCUT2D eigenvalue weighted by atomic mass is 79.9. The maximum absolute atomic E-state index is 11.9. The van der Waals surface area contributed by atoms with Gasteiger partial charge in [0.15, 0.2) is 6.61 Å². The molecule has 0 unspecified atom stereocenters. The molecular formula is C18H19BrN2O3. The molecule has 0 fully saturated rings. The lowest BCUT2D eigenvalue weighted by Gasteiger charge is -2.11. The zero-order valence-electron chi connectivity index (χ0n) is 13.6.